The van der Waals surface area contributed by atoms with Crippen LogP contribution in [-0.2, 0) is 6.18 Å². The SMILES string of the molecule is CSc1cccc(NC(=O)c2c(N3CCCCCC3)nnc(-c3scc(C)c3C)c2C)c1.CSc1cccc(NC(=O)c2cc(Cl)c(C(F)(F)F)cc2N2CCCC(F)(F)CC2)c1. The molecule has 0 aliphatic carbocycles. The summed E-state index contributed by atoms with van der Waals surface area (Å²) < 4.78 is 67.9. The van der Waals surface area contributed by atoms with E-state index in [0.29, 0.717) is 17.1 Å². The van der Waals surface area contributed by atoms with Gasteiger partial charge in [-0.2, -0.15) is 13.2 Å². The van der Waals surface area contributed by atoms with E-state index in [4.69, 9.17) is 11.6 Å². The fraction of sp³-hybridized carbons (Fsp3) is 0.391. The van der Waals surface area contributed by atoms with Gasteiger partial charge in [0.1, 0.15) is 5.69 Å². The predicted molar refractivity (Wildman–Crippen MR) is 250 cm³/mol. The summed E-state index contributed by atoms with van der Waals surface area (Å²) in [4.78, 5) is 33.4. The second-order valence-electron chi connectivity index (χ2n) is 15.6. The molecule has 2 N–H and O–H groups in total. The number of carbonyl (C=O) groups excluding carboxylic acids is 2. The quantitative estimate of drug-likeness (QED) is 0.112. The Bertz CT molecular complexity index is 2420. The summed E-state index contributed by atoms with van der Waals surface area (Å²) in [6, 6.07) is 16.6. The van der Waals surface area contributed by atoms with E-state index in [2.05, 4.69) is 45.0 Å². The van der Waals surface area contributed by atoms with Gasteiger partial charge in [-0.15, -0.1) is 45.1 Å². The fourth-order valence-corrected chi connectivity index (χ4v) is 9.86. The number of amides is 2. The van der Waals surface area contributed by atoms with Crippen molar-refractivity contribution in [1.29, 1.82) is 0 Å². The second kappa shape index (κ2) is 21.1. The first-order valence-electron chi connectivity index (χ1n) is 20.6. The Balaban J connectivity index is 0.000000210. The van der Waals surface area contributed by atoms with Crippen LogP contribution in [0.2, 0.25) is 5.02 Å². The Labute approximate surface area is 382 Å². The minimum Gasteiger partial charge on any atom is -0.371 e. The zero-order chi connectivity index (χ0) is 45.5. The number of benzene rings is 3. The van der Waals surface area contributed by atoms with Crippen molar-refractivity contribution in [3.05, 3.63) is 104 Å². The van der Waals surface area contributed by atoms with E-state index in [1.54, 1.807) is 41.3 Å². The maximum absolute atomic E-state index is 13.8. The van der Waals surface area contributed by atoms with Crippen LogP contribution < -0.4 is 20.4 Å². The van der Waals surface area contributed by atoms with Crippen LogP contribution in [0.25, 0.3) is 10.6 Å². The van der Waals surface area contributed by atoms with Gasteiger partial charge >= 0.3 is 6.18 Å². The van der Waals surface area contributed by atoms with Crippen LogP contribution >= 0.6 is 46.5 Å². The summed E-state index contributed by atoms with van der Waals surface area (Å²) in [5, 5.41) is 16.6. The maximum Gasteiger partial charge on any atom is 0.417 e. The third-order valence-corrected chi connectivity index (χ3v) is 14.2. The molecule has 5 aromatic rings. The number of anilines is 4. The number of alkyl halides is 5. The van der Waals surface area contributed by atoms with Gasteiger partial charge in [0.15, 0.2) is 5.82 Å². The molecule has 2 aliphatic rings. The molecule has 7 rings (SSSR count). The van der Waals surface area contributed by atoms with E-state index in [0.717, 1.165) is 69.7 Å². The molecule has 0 saturated carbocycles. The first-order valence-corrected chi connectivity index (χ1v) is 24.3. The molecule has 2 amide bonds. The number of thiophene rings is 1. The molecule has 2 aromatic heterocycles. The van der Waals surface area contributed by atoms with E-state index in [-0.39, 0.29) is 43.1 Å². The molecular formula is C46H50ClF5N6O2S3. The van der Waals surface area contributed by atoms with E-state index in [9.17, 15) is 31.5 Å². The van der Waals surface area contributed by atoms with Gasteiger partial charge in [0.05, 0.1) is 32.3 Å². The molecule has 2 aliphatic heterocycles. The number of aryl methyl sites for hydroxylation is 1. The highest BCUT2D eigenvalue weighted by Crippen LogP contribution is 2.41. The van der Waals surface area contributed by atoms with Crippen molar-refractivity contribution in [3.8, 4) is 10.6 Å². The summed E-state index contributed by atoms with van der Waals surface area (Å²) in [6.07, 6.45) is 3.05. The summed E-state index contributed by atoms with van der Waals surface area (Å²) in [5.41, 5.74) is 4.76. The number of carbonyl (C=O) groups is 2. The summed E-state index contributed by atoms with van der Waals surface area (Å²) in [5.74, 6) is -2.98. The van der Waals surface area contributed by atoms with Gasteiger partial charge in [-0.25, -0.2) is 8.78 Å². The predicted octanol–water partition coefficient (Wildman–Crippen LogP) is 13.4. The lowest BCUT2D eigenvalue weighted by atomic mass is 10.0. The zero-order valence-electron chi connectivity index (χ0n) is 35.7. The van der Waals surface area contributed by atoms with Crippen molar-refractivity contribution in [2.45, 2.75) is 87.6 Å². The van der Waals surface area contributed by atoms with Crippen molar-refractivity contribution in [3.63, 3.8) is 0 Å². The Kier molecular flexibility index (Phi) is 16.1. The van der Waals surface area contributed by atoms with Crippen LogP contribution in [0.5, 0.6) is 0 Å². The van der Waals surface area contributed by atoms with Gasteiger partial charge < -0.3 is 20.4 Å². The minimum absolute atomic E-state index is 0.0621. The molecule has 2 saturated heterocycles. The molecule has 336 valence electrons. The lowest BCUT2D eigenvalue weighted by Gasteiger charge is -2.27. The lowest BCUT2D eigenvalue weighted by Crippen LogP contribution is -2.29. The standard InChI is InChI=1S/C25H30N4OS2.C21H20ClF5N2OS/c1-16-15-32-23(17(16)2)22-18(3)21(24(28-27-22)29-12-7-5-6-8-13-29)25(30)26-19-10-9-11-20(14-19)31-4;1-31-14-5-2-4-13(10-14)28-19(30)15-11-17(22)16(21(25,26)27)12-18(15)29-8-3-6-20(23,24)7-9-29/h9-11,14-15H,5-8,12-13H2,1-4H3,(H,26,30);2,4-5,10-12H,3,6-9H2,1H3,(H,28,30). The first kappa shape index (κ1) is 48.1. The van der Waals surface area contributed by atoms with Crippen LogP contribution in [0, 0.1) is 20.8 Å². The Morgan fingerprint density at radius 3 is 1.94 bits per heavy atom. The molecule has 63 heavy (non-hydrogen) atoms. The maximum atomic E-state index is 13.8. The zero-order valence-corrected chi connectivity index (χ0v) is 38.9. The molecule has 0 unspecified atom stereocenters. The highest BCUT2D eigenvalue weighted by atomic mass is 35.5. The fourth-order valence-electron chi connectivity index (χ4n) is 7.56. The highest BCUT2D eigenvalue weighted by molar-refractivity contribution is 7.98. The highest BCUT2D eigenvalue weighted by Gasteiger charge is 2.37. The molecular weight excluding hydrogens is 895 g/mol. The number of nitrogens with one attached hydrogen (secondary N) is 2. The van der Waals surface area contributed by atoms with E-state index in [1.807, 2.05) is 49.8 Å². The molecule has 8 nitrogen and oxygen atoms in total. The van der Waals surface area contributed by atoms with E-state index < -0.39 is 35.0 Å². The Morgan fingerprint density at radius 1 is 0.762 bits per heavy atom. The van der Waals surface area contributed by atoms with Gasteiger partial charge in [0.2, 0.25) is 5.92 Å². The van der Waals surface area contributed by atoms with Crippen molar-refractivity contribution < 1.29 is 31.5 Å². The van der Waals surface area contributed by atoms with E-state index in [1.165, 1.54) is 40.6 Å². The number of rotatable bonds is 9. The van der Waals surface area contributed by atoms with Crippen molar-refractivity contribution >= 4 is 81.2 Å². The summed E-state index contributed by atoms with van der Waals surface area (Å²) in [6.45, 7) is 7.98. The van der Waals surface area contributed by atoms with Gasteiger partial charge in [-0.1, -0.05) is 36.6 Å². The molecule has 3 aromatic carbocycles. The lowest BCUT2D eigenvalue weighted by molar-refractivity contribution is -0.137. The molecule has 0 spiro atoms. The second-order valence-corrected chi connectivity index (χ2v) is 18.6. The molecule has 17 heteroatoms. The average Bonchev–Trinajstić information content (AvgIpc) is 3.42. The average molecular weight is 946 g/mol. The van der Waals surface area contributed by atoms with Crippen LogP contribution in [0.4, 0.5) is 44.8 Å². The van der Waals surface area contributed by atoms with Crippen LogP contribution in [-0.4, -0.2) is 66.6 Å². The Hall–Kier alpha value is -4.38. The van der Waals surface area contributed by atoms with Gasteiger partial charge in [0.25, 0.3) is 11.8 Å². The third kappa shape index (κ3) is 12.1. The number of nitrogens with zero attached hydrogens (tertiary/aromatic N) is 4. The largest absolute Gasteiger partial charge is 0.417 e. The van der Waals surface area contributed by atoms with Crippen molar-refractivity contribution in [1.82, 2.24) is 10.2 Å². The van der Waals surface area contributed by atoms with Crippen molar-refractivity contribution in [2.75, 3.05) is 59.1 Å². The third-order valence-electron chi connectivity index (χ3n) is 11.2. The normalized spacial score (nSPS) is 15.5. The van der Waals surface area contributed by atoms with Gasteiger partial charge in [0, 0.05) is 60.2 Å². The molecule has 0 bridgehead atoms. The molecule has 0 atom stereocenters. The number of halogens is 6. The number of hydrogen-bond acceptors (Lipinski definition) is 9. The Morgan fingerprint density at radius 2 is 1.37 bits per heavy atom. The molecule has 2 fully saturated rings. The van der Waals surface area contributed by atoms with Gasteiger partial charge in [-0.05, 0) is 123 Å². The number of thioether (sulfide) groups is 2. The van der Waals surface area contributed by atoms with Crippen LogP contribution in [0.15, 0.2) is 75.8 Å². The smallest absolute Gasteiger partial charge is 0.371 e. The number of aromatic nitrogens is 2. The topological polar surface area (TPSA) is 90.5 Å². The summed E-state index contributed by atoms with van der Waals surface area (Å²) >= 11 is 10.6. The van der Waals surface area contributed by atoms with Crippen molar-refractivity contribution in [2.24, 2.45) is 0 Å². The number of hydrogen-bond donors (Lipinski definition) is 2. The van der Waals surface area contributed by atoms with Crippen LogP contribution in [0.3, 0.4) is 0 Å². The minimum atomic E-state index is -4.75. The summed E-state index contributed by atoms with van der Waals surface area (Å²) in [7, 11) is 0. The molecule has 0 radical (unpaired) electrons. The monoisotopic (exact) mass is 944 g/mol. The van der Waals surface area contributed by atoms with E-state index >= 15 is 0 Å². The molecule has 4 heterocycles. The van der Waals surface area contributed by atoms with Crippen LogP contribution in [0.1, 0.15) is 87.9 Å². The first-order chi connectivity index (χ1) is 30.0. The van der Waals surface area contributed by atoms with Gasteiger partial charge in [-0.3, -0.25) is 9.59 Å².